The Kier molecular flexibility index (Phi) is 33.6. The van der Waals surface area contributed by atoms with Crippen LogP contribution in [0.3, 0.4) is 0 Å². The zero-order valence-corrected chi connectivity index (χ0v) is 29.7. The molecule has 0 spiro atoms. The van der Waals surface area contributed by atoms with Crippen molar-refractivity contribution in [2.75, 3.05) is 6.54 Å². The van der Waals surface area contributed by atoms with Gasteiger partial charge in [0, 0.05) is 12.8 Å². The van der Waals surface area contributed by atoms with Gasteiger partial charge in [-0.1, -0.05) is 142 Å². The van der Waals surface area contributed by atoms with E-state index in [0.29, 0.717) is 12.8 Å². The van der Waals surface area contributed by atoms with Gasteiger partial charge in [-0.25, -0.2) is 0 Å². The molecule has 1 amide bonds. The fraction of sp³-hybridized carbons (Fsp3) is 0.872. The first-order chi connectivity index (χ1) is 22.0. The van der Waals surface area contributed by atoms with Gasteiger partial charge in [-0.15, -0.1) is 0 Å². The van der Waals surface area contributed by atoms with Gasteiger partial charge in [0.05, 0.1) is 0 Å². The Morgan fingerprint density at radius 2 is 0.956 bits per heavy atom. The Bertz CT molecular complexity index is 708. The van der Waals surface area contributed by atoms with Gasteiger partial charge in [-0.05, 0) is 64.2 Å². The Morgan fingerprint density at radius 1 is 0.556 bits per heavy atom. The molecule has 264 valence electrons. The Morgan fingerprint density at radius 3 is 1.42 bits per heavy atom. The number of allylic oxidation sites excluding steroid dienone is 2. The summed E-state index contributed by atoms with van der Waals surface area (Å²) in [5.41, 5.74) is 0. The predicted octanol–water partition coefficient (Wildman–Crippen LogP) is 11.4. The molecule has 0 radical (unpaired) electrons. The minimum Gasteiger partial charge on any atom is -0.480 e. The zero-order chi connectivity index (χ0) is 33.1. The van der Waals surface area contributed by atoms with Crippen molar-refractivity contribution in [2.45, 2.75) is 213 Å². The summed E-state index contributed by atoms with van der Waals surface area (Å²) in [6.45, 7) is 4.21. The van der Waals surface area contributed by atoms with E-state index >= 15 is 0 Å². The maximum atomic E-state index is 12.6. The van der Waals surface area contributed by atoms with E-state index in [4.69, 9.17) is 9.84 Å². The number of carboxylic acid groups (broad SMARTS) is 1. The summed E-state index contributed by atoms with van der Waals surface area (Å²) in [6, 6.07) is 0. The molecule has 0 aromatic heterocycles. The molecule has 0 aromatic carbocycles. The molecule has 0 aliphatic heterocycles. The zero-order valence-electron chi connectivity index (χ0n) is 29.7. The highest BCUT2D eigenvalue weighted by molar-refractivity contribution is 5.80. The van der Waals surface area contributed by atoms with Crippen LogP contribution >= 0.6 is 0 Å². The molecule has 0 fully saturated rings. The third-order valence-corrected chi connectivity index (χ3v) is 8.69. The smallest absolute Gasteiger partial charge is 0.322 e. The summed E-state index contributed by atoms with van der Waals surface area (Å²) < 4.78 is 5.98. The lowest BCUT2D eigenvalue weighted by molar-refractivity contribution is -0.150. The number of amides is 1. The van der Waals surface area contributed by atoms with Gasteiger partial charge >= 0.3 is 11.9 Å². The standard InChI is InChI=1S/C39H73NO5/c1-3-5-7-9-11-12-13-14-15-16-17-18-19-21-26-30-34-39(44)45-36(31-27-23-20-10-8-6-4-2)32-28-24-22-25-29-33-37(41)40-35-38(42)43/h15-16,36H,3-14,17-35H2,1-2H3,(H,40,41)(H,42,43)/b16-15-. The summed E-state index contributed by atoms with van der Waals surface area (Å²) in [4.78, 5) is 34.8. The van der Waals surface area contributed by atoms with Crippen LogP contribution in [0.5, 0.6) is 0 Å². The first-order valence-electron chi connectivity index (χ1n) is 19.3. The molecule has 1 unspecified atom stereocenters. The summed E-state index contributed by atoms with van der Waals surface area (Å²) in [5, 5.41) is 11.0. The van der Waals surface area contributed by atoms with Gasteiger partial charge in [0.2, 0.25) is 5.91 Å². The molecule has 0 rings (SSSR count). The molecule has 0 saturated carbocycles. The van der Waals surface area contributed by atoms with E-state index in [0.717, 1.165) is 64.2 Å². The number of carboxylic acids is 1. The van der Waals surface area contributed by atoms with Gasteiger partial charge in [-0.2, -0.15) is 0 Å². The average molecular weight is 636 g/mol. The molecule has 45 heavy (non-hydrogen) atoms. The lowest BCUT2D eigenvalue weighted by Crippen LogP contribution is -2.28. The summed E-state index contributed by atoms with van der Waals surface area (Å²) in [7, 11) is 0. The molecule has 0 aliphatic carbocycles. The molecule has 6 heteroatoms. The number of ether oxygens (including phenoxy) is 1. The first kappa shape index (κ1) is 43.1. The van der Waals surface area contributed by atoms with Crippen LogP contribution in [-0.2, 0) is 19.1 Å². The van der Waals surface area contributed by atoms with E-state index in [-0.39, 0.29) is 24.5 Å². The quantitative estimate of drug-likeness (QED) is 0.0410. The van der Waals surface area contributed by atoms with E-state index < -0.39 is 5.97 Å². The Labute approximate surface area is 278 Å². The summed E-state index contributed by atoms with van der Waals surface area (Å²) in [6.07, 6.45) is 39.0. The predicted molar refractivity (Wildman–Crippen MR) is 190 cm³/mol. The lowest BCUT2D eigenvalue weighted by atomic mass is 10.0. The van der Waals surface area contributed by atoms with Crippen molar-refractivity contribution < 1.29 is 24.2 Å². The van der Waals surface area contributed by atoms with Crippen LogP contribution in [0, 0.1) is 0 Å². The Balaban J connectivity index is 4.03. The van der Waals surface area contributed by atoms with Crippen molar-refractivity contribution in [3.63, 3.8) is 0 Å². The minimum atomic E-state index is -1.02. The Hall–Kier alpha value is -1.85. The molecule has 1 atom stereocenters. The highest BCUT2D eigenvalue weighted by Gasteiger charge is 2.14. The molecule has 0 heterocycles. The third kappa shape index (κ3) is 34.9. The fourth-order valence-electron chi connectivity index (χ4n) is 5.80. The van der Waals surface area contributed by atoms with Crippen LogP contribution in [-0.4, -0.2) is 35.6 Å². The molecule has 0 aliphatic rings. The second kappa shape index (κ2) is 35.0. The van der Waals surface area contributed by atoms with Crippen LogP contribution in [0.1, 0.15) is 206 Å². The fourth-order valence-corrected chi connectivity index (χ4v) is 5.80. The largest absolute Gasteiger partial charge is 0.480 e. The normalized spacial score (nSPS) is 12.0. The average Bonchev–Trinajstić information content (AvgIpc) is 3.02. The van der Waals surface area contributed by atoms with Gasteiger partial charge in [0.25, 0.3) is 0 Å². The number of carbonyl (C=O) groups excluding carboxylic acids is 2. The van der Waals surface area contributed by atoms with Crippen molar-refractivity contribution in [1.82, 2.24) is 5.32 Å². The molecular weight excluding hydrogens is 562 g/mol. The van der Waals surface area contributed by atoms with Crippen LogP contribution < -0.4 is 5.32 Å². The van der Waals surface area contributed by atoms with Crippen molar-refractivity contribution >= 4 is 17.8 Å². The number of hydrogen-bond donors (Lipinski definition) is 2. The summed E-state index contributed by atoms with van der Waals surface area (Å²) in [5.74, 6) is -1.23. The number of carbonyl (C=O) groups is 3. The first-order valence-corrected chi connectivity index (χ1v) is 19.3. The van der Waals surface area contributed by atoms with Crippen LogP contribution in [0.2, 0.25) is 0 Å². The highest BCUT2D eigenvalue weighted by Crippen LogP contribution is 2.18. The highest BCUT2D eigenvalue weighted by atomic mass is 16.5. The van der Waals surface area contributed by atoms with Crippen LogP contribution in [0.25, 0.3) is 0 Å². The molecule has 0 saturated heterocycles. The SMILES string of the molecule is CCCCCCCCC/C=C\CCCCCCCC(=O)OC(CCCCCCCCC)CCCCCCCC(=O)NCC(=O)O. The van der Waals surface area contributed by atoms with E-state index in [9.17, 15) is 14.4 Å². The van der Waals surface area contributed by atoms with E-state index in [1.165, 1.54) is 116 Å². The molecular formula is C39H73NO5. The van der Waals surface area contributed by atoms with E-state index in [1.54, 1.807) is 0 Å². The maximum absolute atomic E-state index is 12.6. The van der Waals surface area contributed by atoms with Crippen molar-refractivity contribution in [2.24, 2.45) is 0 Å². The number of unbranched alkanes of at least 4 members (excludes halogenated alkanes) is 22. The third-order valence-electron chi connectivity index (χ3n) is 8.69. The van der Waals surface area contributed by atoms with Crippen molar-refractivity contribution in [3.8, 4) is 0 Å². The number of aliphatic carboxylic acids is 1. The molecule has 2 N–H and O–H groups in total. The number of nitrogens with one attached hydrogen (secondary N) is 1. The van der Waals surface area contributed by atoms with E-state index in [2.05, 4.69) is 31.3 Å². The summed E-state index contributed by atoms with van der Waals surface area (Å²) >= 11 is 0. The minimum absolute atomic E-state index is 0.0244. The van der Waals surface area contributed by atoms with Crippen LogP contribution in [0.15, 0.2) is 12.2 Å². The van der Waals surface area contributed by atoms with Gasteiger partial charge < -0.3 is 15.2 Å². The number of esters is 1. The van der Waals surface area contributed by atoms with Gasteiger partial charge in [0.15, 0.2) is 0 Å². The molecule has 0 aromatic rings. The van der Waals surface area contributed by atoms with Crippen molar-refractivity contribution in [3.05, 3.63) is 12.2 Å². The van der Waals surface area contributed by atoms with Gasteiger partial charge in [0.1, 0.15) is 12.6 Å². The van der Waals surface area contributed by atoms with E-state index in [1.807, 2.05) is 0 Å². The number of rotatable bonds is 35. The topological polar surface area (TPSA) is 92.7 Å². The maximum Gasteiger partial charge on any atom is 0.322 e. The van der Waals surface area contributed by atoms with Crippen molar-refractivity contribution in [1.29, 1.82) is 0 Å². The van der Waals surface area contributed by atoms with Crippen LogP contribution in [0.4, 0.5) is 0 Å². The van der Waals surface area contributed by atoms with Gasteiger partial charge in [-0.3, -0.25) is 14.4 Å². The number of hydrogen-bond acceptors (Lipinski definition) is 4. The molecule has 0 bridgehead atoms. The second-order valence-corrected chi connectivity index (χ2v) is 13.2. The molecule has 6 nitrogen and oxygen atoms in total. The monoisotopic (exact) mass is 636 g/mol. The second-order valence-electron chi connectivity index (χ2n) is 13.2. The lowest BCUT2D eigenvalue weighted by Gasteiger charge is -2.18.